The Hall–Kier alpha value is -1.69. The summed E-state index contributed by atoms with van der Waals surface area (Å²) in [5, 5.41) is 3.22. The molecule has 1 amide bonds. The predicted molar refractivity (Wildman–Crippen MR) is 92.8 cm³/mol. The Morgan fingerprint density at radius 2 is 2.00 bits per heavy atom. The van der Waals surface area contributed by atoms with Gasteiger partial charge in [-0.1, -0.05) is 6.92 Å². The molecule has 0 aromatic carbocycles. The number of hydrogen-bond acceptors (Lipinski definition) is 5. The molecule has 2 aliphatic heterocycles. The normalized spacial score (nSPS) is 22.3. The molecule has 1 aromatic rings. The van der Waals surface area contributed by atoms with Crippen LogP contribution in [0, 0.1) is 5.92 Å². The van der Waals surface area contributed by atoms with Crippen LogP contribution in [0.15, 0.2) is 6.33 Å². The van der Waals surface area contributed by atoms with Crippen LogP contribution in [0.1, 0.15) is 43.9 Å². The van der Waals surface area contributed by atoms with Crippen molar-refractivity contribution in [1.29, 1.82) is 0 Å². The molecular formula is C18H27N5O. The van der Waals surface area contributed by atoms with Crippen molar-refractivity contribution in [3.05, 3.63) is 17.6 Å². The van der Waals surface area contributed by atoms with Crippen molar-refractivity contribution in [3.8, 4) is 0 Å². The number of piperidine rings is 1. The van der Waals surface area contributed by atoms with Gasteiger partial charge in [-0.3, -0.25) is 9.69 Å². The van der Waals surface area contributed by atoms with E-state index >= 15 is 0 Å². The molecule has 3 heterocycles. The zero-order valence-corrected chi connectivity index (χ0v) is 14.5. The number of carbonyl (C=O) groups is 1. The SMILES string of the molecule is CCN1CCc2ncnc(N3CCC(NC(=O)C4CC4)CC3)c2C1. The third-order valence-corrected chi connectivity index (χ3v) is 5.59. The van der Waals surface area contributed by atoms with Gasteiger partial charge in [0.05, 0.1) is 5.69 Å². The fraction of sp³-hybridized carbons (Fsp3) is 0.722. The molecule has 4 rings (SSSR count). The van der Waals surface area contributed by atoms with Crippen LogP contribution in [-0.2, 0) is 17.8 Å². The minimum atomic E-state index is 0.270. The molecule has 0 unspecified atom stereocenters. The Morgan fingerprint density at radius 1 is 1.21 bits per heavy atom. The first-order valence-electron chi connectivity index (χ1n) is 9.35. The Labute approximate surface area is 143 Å². The monoisotopic (exact) mass is 329 g/mol. The van der Waals surface area contributed by atoms with Gasteiger partial charge in [0.2, 0.25) is 5.91 Å². The van der Waals surface area contributed by atoms with Gasteiger partial charge in [-0.05, 0) is 32.2 Å². The van der Waals surface area contributed by atoms with Crippen LogP contribution in [0.5, 0.6) is 0 Å². The van der Waals surface area contributed by atoms with E-state index in [-0.39, 0.29) is 5.91 Å². The molecule has 2 fully saturated rings. The largest absolute Gasteiger partial charge is 0.356 e. The van der Waals surface area contributed by atoms with Crippen molar-refractivity contribution in [3.63, 3.8) is 0 Å². The molecular weight excluding hydrogens is 302 g/mol. The number of hydrogen-bond donors (Lipinski definition) is 1. The van der Waals surface area contributed by atoms with Crippen molar-refractivity contribution < 1.29 is 4.79 Å². The van der Waals surface area contributed by atoms with Gasteiger partial charge in [-0.2, -0.15) is 0 Å². The van der Waals surface area contributed by atoms with E-state index in [1.807, 2.05) is 0 Å². The summed E-state index contributed by atoms with van der Waals surface area (Å²) in [5.41, 5.74) is 2.53. The Kier molecular flexibility index (Phi) is 4.39. The molecule has 1 saturated carbocycles. The lowest BCUT2D eigenvalue weighted by Gasteiger charge is -2.36. The van der Waals surface area contributed by atoms with Gasteiger partial charge in [0.1, 0.15) is 12.1 Å². The van der Waals surface area contributed by atoms with Crippen LogP contribution in [0.4, 0.5) is 5.82 Å². The number of rotatable bonds is 4. The van der Waals surface area contributed by atoms with E-state index in [1.165, 1.54) is 11.3 Å². The highest BCUT2D eigenvalue weighted by Gasteiger charge is 2.32. The quantitative estimate of drug-likeness (QED) is 0.903. The van der Waals surface area contributed by atoms with Crippen molar-refractivity contribution in [2.24, 2.45) is 5.92 Å². The maximum absolute atomic E-state index is 11.9. The number of likely N-dealkylation sites (N-methyl/N-ethyl adjacent to an activating group) is 1. The lowest BCUT2D eigenvalue weighted by molar-refractivity contribution is -0.123. The number of fused-ring (bicyclic) bond motifs is 1. The summed E-state index contributed by atoms with van der Waals surface area (Å²) in [7, 11) is 0. The summed E-state index contributed by atoms with van der Waals surface area (Å²) in [6, 6.07) is 0.333. The molecule has 1 saturated heterocycles. The highest BCUT2D eigenvalue weighted by atomic mass is 16.2. The number of nitrogens with zero attached hydrogens (tertiary/aromatic N) is 4. The molecule has 24 heavy (non-hydrogen) atoms. The van der Waals surface area contributed by atoms with Gasteiger partial charge < -0.3 is 10.2 Å². The molecule has 0 spiro atoms. The lowest BCUT2D eigenvalue weighted by atomic mass is 10.0. The fourth-order valence-electron chi connectivity index (χ4n) is 3.82. The van der Waals surface area contributed by atoms with E-state index in [0.29, 0.717) is 12.0 Å². The number of anilines is 1. The first kappa shape index (κ1) is 15.8. The second-order valence-electron chi connectivity index (χ2n) is 7.29. The average Bonchev–Trinajstić information content (AvgIpc) is 3.47. The van der Waals surface area contributed by atoms with Crippen molar-refractivity contribution in [2.75, 3.05) is 31.1 Å². The Bertz CT molecular complexity index is 607. The van der Waals surface area contributed by atoms with E-state index in [0.717, 1.165) is 70.6 Å². The summed E-state index contributed by atoms with van der Waals surface area (Å²) >= 11 is 0. The zero-order valence-electron chi connectivity index (χ0n) is 14.5. The standard InChI is InChI=1S/C18H27N5O/c1-2-22-8-7-16-15(11-22)17(20-12-19-16)23-9-5-14(6-10-23)21-18(24)13-3-4-13/h12-14H,2-11H2,1H3,(H,21,24). The number of carbonyl (C=O) groups excluding carboxylic acids is 1. The minimum absolute atomic E-state index is 0.270. The van der Waals surface area contributed by atoms with E-state index in [2.05, 4.69) is 32.0 Å². The molecule has 3 aliphatic rings. The van der Waals surface area contributed by atoms with E-state index < -0.39 is 0 Å². The van der Waals surface area contributed by atoms with Gasteiger partial charge in [-0.15, -0.1) is 0 Å². The molecule has 0 radical (unpaired) electrons. The summed E-state index contributed by atoms with van der Waals surface area (Å²) < 4.78 is 0. The molecule has 1 N–H and O–H groups in total. The van der Waals surface area contributed by atoms with Gasteiger partial charge in [0.15, 0.2) is 0 Å². The van der Waals surface area contributed by atoms with Crippen LogP contribution >= 0.6 is 0 Å². The van der Waals surface area contributed by atoms with Crippen molar-refractivity contribution in [1.82, 2.24) is 20.2 Å². The Balaban J connectivity index is 1.41. The molecule has 1 aromatic heterocycles. The predicted octanol–water partition coefficient (Wildman–Crippen LogP) is 1.35. The third-order valence-electron chi connectivity index (χ3n) is 5.59. The third kappa shape index (κ3) is 3.24. The number of aromatic nitrogens is 2. The van der Waals surface area contributed by atoms with Crippen LogP contribution < -0.4 is 10.2 Å². The van der Waals surface area contributed by atoms with Gasteiger partial charge in [0, 0.05) is 50.1 Å². The molecule has 1 aliphatic carbocycles. The summed E-state index contributed by atoms with van der Waals surface area (Å²) in [4.78, 5) is 25.9. The van der Waals surface area contributed by atoms with Crippen molar-refractivity contribution in [2.45, 2.75) is 51.6 Å². The Morgan fingerprint density at radius 3 is 2.71 bits per heavy atom. The molecule has 0 atom stereocenters. The topological polar surface area (TPSA) is 61.4 Å². The smallest absolute Gasteiger partial charge is 0.223 e. The molecule has 6 heteroatoms. The molecule has 130 valence electrons. The van der Waals surface area contributed by atoms with Crippen LogP contribution in [0.25, 0.3) is 0 Å². The second-order valence-corrected chi connectivity index (χ2v) is 7.29. The summed E-state index contributed by atoms with van der Waals surface area (Å²) in [6.45, 7) is 7.26. The molecule has 0 bridgehead atoms. The van der Waals surface area contributed by atoms with Crippen LogP contribution in [0.2, 0.25) is 0 Å². The average molecular weight is 329 g/mol. The van der Waals surface area contributed by atoms with Crippen LogP contribution in [-0.4, -0.2) is 53.0 Å². The maximum atomic E-state index is 11.9. The highest BCUT2D eigenvalue weighted by Crippen LogP contribution is 2.30. The first-order valence-corrected chi connectivity index (χ1v) is 9.35. The minimum Gasteiger partial charge on any atom is -0.356 e. The first-order chi connectivity index (χ1) is 11.7. The van der Waals surface area contributed by atoms with Gasteiger partial charge in [-0.25, -0.2) is 9.97 Å². The zero-order chi connectivity index (χ0) is 16.5. The fourth-order valence-corrected chi connectivity index (χ4v) is 3.82. The second kappa shape index (κ2) is 6.67. The summed E-state index contributed by atoms with van der Waals surface area (Å²) in [5.74, 6) is 1.69. The van der Waals surface area contributed by atoms with Gasteiger partial charge in [0.25, 0.3) is 0 Å². The summed E-state index contributed by atoms with van der Waals surface area (Å²) in [6.07, 6.45) is 6.91. The van der Waals surface area contributed by atoms with Crippen molar-refractivity contribution >= 4 is 11.7 Å². The van der Waals surface area contributed by atoms with E-state index in [1.54, 1.807) is 6.33 Å². The van der Waals surface area contributed by atoms with E-state index in [9.17, 15) is 4.79 Å². The lowest BCUT2D eigenvalue weighted by Crippen LogP contribution is -2.46. The van der Waals surface area contributed by atoms with Crippen LogP contribution in [0.3, 0.4) is 0 Å². The number of nitrogens with one attached hydrogen (secondary N) is 1. The molecule has 6 nitrogen and oxygen atoms in total. The van der Waals surface area contributed by atoms with E-state index in [4.69, 9.17) is 0 Å². The number of amides is 1. The highest BCUT2D eigenvalue weighted by molar-refractivity contribution is 5.81. The van der Waals surface area contributed by atoms with Gasteiger partial charge >= 0.3 is 0 Å². The maximum Gasteiger partial charge on any atom is 0.223 e.